The molecule has 1 saturated carbocycles. The van der Waals surface area contributed by atoms with E-state index in [4.69, 9.17) is 4.74 Å². The van der Waals surface area contributed by atoms with E-state index in [0.717, 1.165) is 37.7 Å². The average Bonchev–Trinajstić information content (AvgIpc) is 3.05. The first-order chi connectivity index (χ1) is 10.2. The van der Waals surface area contributed by atoms with Crippen LogP contribution in [0.15, 0.2) is 24.3 Å². The Hall–Kier alpha value is -2.04. The Morgan fingerprint density at radius 1 is 1.19 bits per heavy atom. The zero-order valence-electron chi connectivity index (χ0n) is 12.4. The number of ether oxygens (including phenoxy) is 1. The van der Waals surface area contributed by atoms with Gasteiger partial charge >= 0.3 is 0 Å². The first kappa shape index (κ1) is 15.4. The third-order valence-corrected chi connectivity index (χ3v) is 3.76. The predicted molar refractivity (Wildman–Crippen MR) is 79.6 cm³/mol. The molecule has 5 heteroatoms. The standard InChI is InChI=1S/C16H22N2O3/c1-2-12-7-5-6-10-14(12)21-11-15(19)17-18-16(20)13-8-3-4-9-13/h5-7,10,13H,2-4,8-9,11H2,1H3,(H,17,19)(H,18,20). The van der Waals surface area contributed by atoms with E-state index in [-0.39, 0.29) is 24.3 Å². The van der Waals surface area contributed by atoms with Crippen LogP contribution in [-0.4, -0.2) is 18.4 Å². The molecule has 0 unspecified atom stereocenters. The minimum Gasteiger partial charge on any atom is -0.483 e. The number of hydrogen-bond donors (Lipinski definition) is 2. The lowest BCUT2D eigenvalue weighted by Crippen LogP contribution is -2.45. The van der Waals surface area contributed by atoms with Crippen LogP contribution in [0.25, 0.3) is 0 Å². The molecule has 0 aliphatic heterocycles. The van der Waals surface area contributed by atoms with Gasteiger partial charge in [0.1, 0.15) is 5.75 Å². The van der Waals surface area contributed by atoms with Crippen LogP contribution in [0.5, 0.6) is 5.75 Å². The van der Waals surface area contributed by atoms with Crippen molar-refractivity contribution in [3.63, 3.8) is 0 Å². The largest absolute Gasteiger partial charge is 0.483 e. The Labute approximate surface area is 125 Å². The maximum Gasteiger partial charge on any atom is 0.276 e. The number of aryl methyl sites for hydroxylation is 1. The minimum atomic E-state index is -0.354. The van der Waals surface area contributed by atoms with Gasteiger partial charge in [-0.25, -0.2) is 0 Å². The lowest BCUT2D eigenvalue weighted by Gasteiger charge is -2.13. The first-order valence-corrected chi connectivity index (χ1v) is 7.50. The molecule has 1 fully saturated rings. The van der Waals surface area contributed by atoms with Gasteiger partial charge in [-0.05, 0) is 30.9 Å². The number of benzene rings is 1. The van der Waals surface area contributed by atoms with Crippen LogP contribution in [-0.2, 0) is 16.0 Å². The average molecular weight is 290 g/mol. The van der Waals surface area contributed by atoms with Crippen molar-refractivity contribution in [2.75, 3.05) is 6.61 Å². The minimum absolute atomic E-state index is 0.0343. The normalized spacial score (nSPS) is 14.7. The molecule has 0 radical (unpaired) electrons. The summed E-state index contributed by atoms with van der Waals surface area (Å²) in [4.78, 5) is 23.4. The van der Waals surface area contributed by atoms with Crippen LogP contribution in [0.3, 0.4) is 0 Å². The highest BCUT2D eigenvalue weighted by Gasteiger charge is 2.22. The molecule has 21 heavy (non-hydrogen) atoms. The van der Waals surface area contributed by atoms with Gasteiger partial charge in [-0.15, -0.1) is 0 Å². The van der Waals surface area contributed by atoms with Crippen molar-refractivity contribution in [3.8, 4) is 5.75 Å². The van der Waals surface area contributed by atoms with E-state index in [1.54, 1.807) is 0 Å². The number of carbonyl (C=O) groups is 2. The molecular weight excluding hydrogens is 268 g/mol. The van der Waals surface area contributed by atoms with E-state index < -0.39 is 0 Å². The topological polar surface area (TPSA) is 67.4 Å². The fourth-order valence-corrected chi connectivity index (χ4v) is 2.54. The van der Waals surface area contributed by atoms with E-state index in [1.165, 1.54) is 0 Å². The molecule has 1 aliphatic rings. The van der Waals surface area contributed by atoms with E-state index in [0.29, 0.717) is 5.75 Å². The Morgan fingerprint density at radius 3 is 2.62 bits per heavy atom. The molecule has 0 bridgehead atoms. The van der Waals surface area contributed by atoms with Gasteiger partial charge in [-0.2, -0.15) is 0 Å². The van der Waals surface area contributed by atoms with Crippen molar-refractivity contribution in [1.82, 2.24) is 10.9 Å². The highest BCUT2D eigenvalue weighted by molar-refractivity contribution is 5.84. The second-order valence-corrected chi connectivity index (χ2v) is 5.27. The van der Waals surface area contributed by atoms with Gasteiger partial charge in [0.2, 0.25) is 5.91 Å². The quantitative estimate of drug-likeness (QED) is 0.815. The molecule has 0 heterocycles. The fraction of sp³-hybridized carbons (Fsp3) is 0.500. The van der Waals surface area contributed by atoms with Gasteiger partial charge in [0.05, 0.1) is 0 Å². The molecular formula is C16H22N2O3. The summed E-state index contributed by atoms with van der Waals surface area (Å²) in [5.41, 5.74) is 5.93. The third kappa shape index (κ3) is 4.48. The smallest absolute Gasteiger partial charge is 0.276 e. The Morgan fingerprint density at radius 2 is 1.90 bits per heavy atom. The summed E-state index contributed by atoms with van der Waals surface area (Å²) in [5.74, 6) is 0.284. The Balaban J connectivity index is 1.73. The van der Waals surface area contributed by atoms with Gasteiger partial charge in [0.25, 0.3) is 5.91 Å². The number of para-hydroxylation sites is 1. The van der Waals surface area contributed by atoms with Gasteiger partial charge in [-0.3, -0.25) is 20.4 Å². The van der Waals surface area contributed by atoms with E-state index >= 15 is 0 Å². The summed E-state index contributed by atoms with van der Waals surface area (Å²) in [7, 11) is 0. The predicted octanol–water partition coefficient (Wildman–Crippen LogP) is 1.97. The molecule has 0 atom stereocenters. The van der Waals surface area contributed by atoms with Gasteiger partial charge < -0.3 is 4.74 Å². The SMILES string of the molecule is CCc1ccccc1OCC(=O)NNC(=O)C1CCCC1. The van der Waals surface area contributed by atoms with Crippen molar-refractivity contribution in [1.29, 1.82) is 0 Å². The third-order valence-electron chi connectivity index (χ3n) is 3.76. The molecule has 5 nitrogen and oxygen atoms in total. The van der Waals surface area contributed by atoms with Gasteiger partial charge in [0, 0.05) is 5.92 Å². The van der Waals surface area contributed by atoms with E-state index in [1.807, 2.05) is 31.2 Å². The van der Waals surface area contributed by atoms with Crippen LogP contribution in [0.4, 0.5) is 0 Å². The molecule has 2 rings (SSSR count). The van der Waals surface area contributed by atoms with Crippen LogP contribution in [0, 0.1) is 5.92 Å². The zero-order valence-corrected chi connectivity index (χ0v) is 12.4. The molecule has 114 valence electrons. The van der Waals surface area contributed by atoms with Crippen molar-refractivity contribution in [2.24, 2.45) is 5.92 Å². The number of hydrazine groups is 1. The monoisotopic (exact) mass is 290 g/mol. The molecule has 2 N–H and O–H groups in total. The number of nitrogens with one attached hydrogen (secondary N) is 2. The second-order valence-electron chi connectivity index (χ2n) is 5.27. The van der Waals surface area contributed by atoms with Crippen LogP contribution in [0.2, 0.25) is 0 Å². The molecule has 0 saturated heterocycles. The van der Waals surface area contributed by atoms with Crippen LogP contribution in [0.1, 0.15) is 38.2 Å². The maximum atomic E-state index is 11.8. The molecule has 1 aliphatic carbocycles. The second kappa shape index (κ2) is 7.67. The van der Waals surface area contributed by atoms with E-state index in [2.05, 4.69) is 10.9 Å². The molecule has 0 aromatic heterocycles. The molecule has 1 aromatic carbocycles. The van der Waals surface area contributed by atoms with Crippen molar-refractivity contribution >= 4 is 11.8 Å². The first-order valence-electron chi connectivity index (χ1n) is 7.50. The number of rotatable bonds is 5. The summed E-state index contributed by atoms with van der Waals surface area (Å²) < 4.78 is 5.48. The van der Waals surface area contributed by atoms with Crippen LogP contribution < -0.4 is 15.6 Å². The van der Waals surface area contributed by atoms with Gasteiger partial charge in [0.15, 0.2) is 6.61 Å². The summed E-state index contributed by atoms with van der Waals surface area (Å²) >= 11 is 0. The lowest BCUT2D eigenvalue weighted by molar-refractivity contribution is -0.132. The summed E-state index contributed by atoms with van der Waals surface area (Å²) in [6, 6.07) is 7.61. The van der Waals surface area contributed by atoms with Crippen molar-refractivity contribution < 1.29 is 14.3 Å². The van der Waals surface area contributed by atoms with Crippen molar-refractivity contribution in [3.05, 3.63) is 29.8 Å². The van der Waals surface area contributed by atoms with E-state index in [9.17, 15) is 9.59 Å². The molecule has 0 spiro atoms. The maximum absolute atomic E-state index is 11.8. The summed E-state index contributed by atoms with van der Waals surface area (Å²) in [6.45, 7) is 1.92. The highest BCUT2D eigenvalue weighted by atomic mass is 16.5. The number of amides is 2. The number of carbonyl (C=O) groups excluding carboxylic acids is 2. The highest BCUT2D eigenvalue weighted by Crippen LogP contribution is 2.24. The summed E-state index contributed by atoms with van der Waals surface area (Å²) in [5, 5.41) is 0. The van der Waals surface area contributed by atoms with Gasteiger partial charge in [-0.1, -0.05) is 38.0 Å². The Bertz CT molecular complexity index is 496. The zero-order chi connectivity index (χ0) is 15.1. The number of hydrogen-bond acceptors (Lipinski definition) is 3. The lowest BCUT2D eigenvalue weighted by atomic mass is 10.1. The fourth-order valence-electron chi connectivity index (χ4n) is 2.54. The van der Waals surface area contributed by atoms with Crippen LogP contribution >= 0.6 is 0 Å². The molecule has 2 amide bonds. The van der Waals surface area contributed by atoms with Crippen molar-refractivity contribution in [2.45, 2.75) is 39.0 Å². The Kier molecular flexibility index (Phi) is 5.60. The summed E-state index contributed by atoms with van der Waals surface area (Å²) in [6.07, 6.45) is 4.83. The molecule has 1 aromatic rings.